The van der Waals surface area contributed by atoms with E-state index >= 15 is 0 Å². The van der Waals surface area contributed by atoms with Crippen molar-refractivity contribution in [2.75, 3.05) is 7.05 Å². The Bertz CT molecular complexity index is 76.2. The quantitative estimate of drug-likeness (QED) is 0.480. The summed E-state index contributed by atoms with van der Waals surface area (Å²) in [6.45, 7) is 0. The minimum absolute atomic E-state index is 0.667. The molecule has 1 aliphatic rings. The van der Waals surface area contributed by atoms with E-state index in [1.807, 2.05) is 7.05 Å². The summed E-state index contributed by atoms with van der Waals surface area (Å²) in [5.41, 5.74) is 0. The Balaban J connectivity index is 2.28. The molecule has 0 saturated carbocycles. The number of likely N-dealkylation sites (N-methyl/N-ethyl adjacent to an activating group) is 1. The van der Waals surface area contributed by atoms with Crippen LogP contribution in [0.2, 0.25) is 0 Å². The van der Waals surface area contributed by atoms with Crippen molar-refractivity contribution < 1.29 is 0 Å². The van der Waals surface area contributed by atoms with Gasteiger partial charge in [0.1, 0.15) is 0 Å². The van der Waals surface area contributed by atoms with Crippen LogP contribution < -0.4 is 5.32 Å². The molecule has 40 valence electrons. The van der Waals surface area contributed by atoms with Crippen LogP contribution in [-0.2, 0) is 0 Å². The van der Waals surface area contributed by atoms with E-state index in [1.165, 1.54) is 12.8 Å². The fraction of sp³-hybridized carbons (Fsp3) is 0.667. The maximum Gasteiger partial charge on any atom is 0.0250 e. The van der Waals surface area contributed by atoms with E-state index in [0.717, 1.165) is 0 Å². The van der Waals surface area contributed by atoms with Crippen molar-refractivity contribution >= 4 is 0 Å². The molecule has 1 N–H and O–H groups in total. The van der Waals surface area contributed by atoms with Gasteiger partial charge in [0.15, 0.2) is 0 Å². The number of hydrogen-bond donors (Lipinski definition) is 1. The van der Waals surface area contributed by atoms with E-state index in [1.54, 1.807) is 0 Å². The minimum atomic E-state index is 0.667. The highest BCUT2D eigenvalue weighted by Crippen LogP contribution is 2.06. The van der Waals surface area contributed by atoms with Crippen LogP contribution in [0.4, 0.5) is 0 Å². The van der Waals surface area contributed by atoms with E-state index in [0.29, 0.717) is 6.04 Å². The monoisotopic (exact) mass is 97.1 g/mol. The topological polar surface area (TPSA) is 12.0 Å². The van der Waals surface area contributed by atoms with Crippen molar-refractivity contribution in [1.29, 1.82) is 0 Å². The van der Waals surface area contributed by atoms with Crippen molar-refractivity contribution in [1.82, 2.24) is 5.32 Å². The third-order valence-corrected chi connectivity index (χ3v) is 1.38. The molecule has 1 unspecified atom stereocenters. The largest absolute Gasteiger partial charge is 0.314 e. The summed E-state index contributed by atoms with van der Waals surface area (Å²) in [6, 6.07) is 0.667. The molecule has 0 radical (unpaired) electrons. The highest BCUT2D eigenvalue weighted by Gasteiger charge is 2.03. The smallest absolute Gasteiger partial charge is 0.0250 e. The van der Waals surface area contributed by atoms with E-state index in [4.69, 9.17) is 0 Å². The van der Waals surface area contributed by atoms with Crippen molar-refractivity contribution in [2.24, 2.45) is 0 Å². The van der Waals surface area contributed by atoms with Gasteiger partial charge >= 0.3 is 0 Å². The number of nitrogens with one attached hydrogen (secondary N) is 1. The summed E-state index contributed by atoms with van der Waals surface area (Å²) >= 11 is 0. The summed E-state index contributed by atoms with van der Waals surface area (Å²) in [4.78, 5) is 0. The van der Waals surface area contributed by atoms with Gasteiger partial charge in [0.05, 0.1) is 0 Å². The zero-order valence-electron chi connectivity index (χ0n) is 4.65. The first-order valence-corrected chi connectivity index (χ1v) is 2.77. The van der Waals surface area contributed by atoms with Gasteiger partial charge in [-0.25, -0.2) is 0 Å². The predicted molar refractivity (Wildman–Crippen MR) is 31.2 cm³/mol. The maximum absolute atomic E-state index is 3.18. The lowest BCUT2D eigenvalue weighted by molar-refractivity contribution is 0.651. The second kappa shape index (κ2) is 2.12. The van der Waals surface area contributed by atoms with Crippen molar-refractivity contribution in [2.45, 2.75) is 18.9 Å². The fourth-order valence-corrected chi connectivity index (χ4v) is 0.873. The molecule has 7 heavy (non-hydrogen) atoms. The molecule has 1 heteroatoms. The summed E-state index contributed by atoms with van der Waals surface area (Å²) in [6.07, 6.45) is 6.99. The molecule has 0 aromatic rings. The molecule has 0 saturated heterocycles. The SMILES string of the molecule is CNC1C=CCC1. The lowest BCUT2D eigenvalue weighted by Crippen LogP contribution is -2.19. The van der Waals surface area contributed by atoms with Crippen LogP contribution >= 0.6 is 0 Å². The molecule has 0 heterocycles. The van der Waals surface area contributed by atoms with Crippen molar-refractivity contribution in [3.63, 3.8) is 0 Å². The first-order valence-electron chi connectivity index (χ1n) is 2.77. The van der Waals surface area contributed by atoms with Crippen molar-refractivity contribution in [3.05, 3.63) is 12.2 Å². The molecule has 0 bridgehead atoms. The van der Waals surface area contributed by atoms with Crippen LogP contribution in [-0.4, -0.2) is 13.1 Å². The molecule has 1 atom stereocenters. The Morgan fingerprint density at radius 1 is 1.71 bits per heavy atom. The highest BCUT2D eigenvalue weighted by atomic mass is 14.9. The average Bonchev–Trinajstić information content (AvgIpc) is 2.14. The van der Waals surface area contributed by atoms with E-state index in [2.05, 4.69) is 17.5 Å². The molecular weight excluding hydrogens is 86.1 g/mol. The van der Waals surface area contributed by atoms with Gasteiger partial charge in [-0.3, -0.25) is 0 Å². The molecule has 0 fully saturated rings. The summed E-state index contributed by atoms with van der Waals surface area (Å²) in [7, 11) is 2.00. The molecule has 0 amide bonds. The van der Waals surface area contributed by atoms with Gasteiger partial charge in [-0.2, -0.15) is 0 Å². The van der Waals surface area contributed by atoms with Crippen LogP contribution in [0.1, 0.15) is 12.8 Å². The molecule has 1 nitrogen and oxygen atoms in total. The Morgan fingerprint density at radius 3 is 2.86 bits per heavy atom. The Labute approximate surface area is 44.4 Å². The Morgan fingerprint density at radius 2 is 2.57 bits per heavy atom. The third-order valence-electron chi connectivity index (χ3n) is 1.38. The van der Waals surface area contributed by atoms with Crippen LogP contribution in [0.3, 0.4) is 0 Å². The zero-order chi connectivity index (χ0) is 5.11. The molecule has 0 aromatic heterocycles. The number of hydrogen-bond acceptors (Lipinski definition) is 1. The van der Waals surface area contributed by atoms with Gasteiger partial charge in [-0.15, -0.1) is 0 Å². The van der Waals surface area contributed by atoms with E-state index < -0.39 is 0 Å². The van der Waals surface area contributed by atoms with E-state index in [9.17, 15) is 0 Å². The summed E-state index contributed by atoms with van der Waals surface area (Å²) in [5.74, 6) is 0. The first kappa shape index (κ1) is 4.85. The van der Waals surface area contributed by atoms with Crippen LogP contribution in [0.15, 0.2) is 12.2 Å². The second-order valence-electron chi connectivity index (χ2n) is 1.90. The lowest BCUT2D eigenvalue weighted by atomic mass is 10.3. The van der Waals surface area contributed by atoms with Gasteiger partial charge in [0, 0.05) is 6.04 Å². The van der Waals surface area contributed by atoms with E-state index in [-0.39, 0.29) is 0 Å². The van der Waals surface area contributed by atoms with Gasteiger partial charge in [-0.05, 0) is 19.9 Å². The molecule has 1 rings (SSSR count). The molecule has 0 spiro atoms. The first-order chi connectivity index (χ1) is 3.43. The fourth-order valence-electron chi connectivity index (χ4n) is 0.873. The normalized spacial score (nSPS) is 29.0. The van der Waals surface area contributed by atoms with Gasteiger partial charge in [-0.1, -0.05) is 12.2 Å². The Hall–Kier alpha value is -0.300. The van der Waals surface area contributed by atoms with Crippen LogP contribution in [0, 0.1) is 0 Å². The number of allylic oxidation sites excluding steroid dienone is 1. The van der Waals surface area contributed by atoms with Gasteiger partial charge in [0.2, 0.25) is 0 Å². The zero-order valence-corrected chi connectivity index (χ0v) is 4.65. The molecule has 0 aromatic carbocycles. The van der Waals surface area contributed by atoms with Crippen molar-refractivity contribution in [3.8, 4) is 0 Å². The maximum atomic E-state index is 3.18. The number of rotatable bonds is 1. The van der Waals surface area contributed by atoms with Gasteiger partial charge in [0.25, 0.3) is 0 Å². The molecule has 0 aliphatic heterocycles. The third kappa shape index (κ3) is 1.03. The standard InChI is InChI=1S/C6H11N/c1-7-6-4-2-3-5-6/h2,4,6-7H,3,5H2,1H3. The minimum Gasteiger partial charge on any atom is -0.314 e. The summed E-state index contributed by atoms with van der Waals surface area (Å²) in [5, 5.41) is 3.18. The predicted octanol–water partition coefficient (Wildman–Crippen LogP) is 0.924. The Kier molecular flexibility index (Phi) is 1.47. The lowest BCUT2D eigenvalue weighted by Gasteiger charge is -2.01. The van der Waals surface area contributed by atoms with Crippen LogP contribution in [0.5, 0.6) is 0 Å². The van der Waals surface area contributed by atoms with Gasteiger partial charge < -0.3 is 5.32 Å². The van der Waals surface area contributed by atoms with Crippen LogP contribution in [0.25, 0.3) is 0 Å². The average molecular weight is 97.2 g/mol. The molecule has 1 aliphatic carbocycles. The second-order valence-corrected chi connectivity index (χ2v) is 1.90. The molecular formula is C6H11N. The highest BCUT2D eigenvalue weighted by molar-refractivity contribution is 4.99. The summed E-state index contributed by atoms with van der Waals surface area (Å²) < 4.78 is 0.